The predicted octanol–water partition coefficient (Wildman–Crippen LogP) is 4.02. The molecule has 27 heavy (non-hydrogen) atoms. The minimum absolute atomic E-state index is 0.181. The van der Waals surface area contributed by atoms with E-state index in [0.717, 1.165) is 17.4 Å². The van der Waals surface area contributed by atoms with Gasteiger partial charge in [0.05, 0.1) is 17.9 Å². The van der Waals surface area contributed by atoms with E-state index in [-0.39, 0.29) is 5.91 Å². The zero-order valence-electron chi connectivity index (χ0n) is 14.8. The van der Waals surface area contributed by atoms with Crippen molar-refractivity contribution < 1.29 is 13.2 Å². The second kappa shape index (κ2) is 7.54. The average molecular weight is 404 g/mol. The Morgan fingerprint density at radius 3 is 2.30 bits per heavy atom. The molecule has 6 nitrogen and oxygen atoms in total. The van der Waals surface area contributed by atoms with Crippen molar-refractivity contribution in [2.24, 2.45) is 0 Å². The largest absolute Gasteiger partial charge is 0.284 e. The number of aromatic nitrogens is 2. The smallest absolute Gasteiger partial charge is 0.254 e. The van der Waals surface area contributed by atoms with E-state index in [1.54, 1.807) is 55.6 Å². The van der Waals surface area contributed by atoms with Crippen molar-refractivity contribution >= 4 is 33.2 Å². The standard InChI is InChI=1S/C19H18ClN3O3S/c1-13(14-5-9-17(10-6-14)22-27(2,25)26)19(24)23-12-11-18(21-23)15-3-7-16(20)8-4-15/h3-13,22H,1-2H3. The topological polar surface area (TPSA) is 81.1 Å². The van der Waals surface area contributed by atoms with E-state index >= 15 is 0 Å². The highest BCUT2D eigenvalue weighted by molar-refractivity contribution is 7.92. The Balaban J connectivity index is 1.76. The quantitative estimate of drug-likeness (QED) is 0.697. The van der Waals surface area contributed by atoms with Gasteiger partial charge in [0.1, 0.15) is 0 Å². The second-order valence-electron chi connectivity index (χ2n) is 6.21. The van der Waals surface area contributed by atoms with Gasteiger partial charge in [0.15, 0.2) is 0 Å². The summed E-state index contributed by atoms with van der Waals surface area (Å²) >= 11 is 5.89. The third kappa shape index (κ3) is 4.75. The van der Waals surface area contributed by atoms with Gasteiger partial charge in [-0.25, -0.2) is 13.1 Å². The van der Waals surface area contributed by atoms with Gasteiger partial charge in [-0.3, -0.25) is 9.52 Å². The van der Waals surface area contributed by atoms with E-state index in [2.05, 4.69) is 9.82 Å². The first-order valence-corrected chi connectivity index (χ1v) is 10.4. The lowest BCUT2D eigenvalue weighted by Gasteiger charge is -2.12. The van der Waals surface area contributed by atoms with Crippen molar-refractivity contribution in [2.45, 2.75) is 12.8 Å². The SMILES string of the molecule is CC(C(=O)n1ccc(-c2ccc(Cl)cc2)n1)c1ccc(NS(C)(=O)=O)cc1. The van der Waals surface area contributed by atoms with E-state index in [9.17, 15) is 13.2 Å². The lowest BCUT2D eigenvalue weighted by molar-refractivity contribution is 0.0868. The number of hydrogen-bond donors (Lipinski definition) is 1. The van der Waals surface area contributed by atoms with Crippen molar-refractivity contribution in [3.05, 3.63) is 71.4 Å². The molecule has 0 saturated carbocycles. The second-order valence-corrected chi connectivity index (χ2v) is 8.39. The maximum absolute atomic E-state index is 12.7. The third-order valence-electron chi connectivity index (χ3n) is 4.04. The Labute approximate surface area is 162 Å². The summed E-state index contributed by atoms with van der Waals surface area (Å²) in [5.74, 6) is -0.616. The van der Waals surface area contributed by atoms with Crippen LogP contribution in [-0.2, 0) is 10.0 Å². The summed E-state index contributed by atoms with van der Waals surface area (Å²) in [6.07, 6.45) is 2.71. The summed E-state index contributed by atoms with van der Waals surface area (Å²) in [6.45, 7) is 1.78. The normalized spacial score (nSPS) is 12.6. The summed E-state index contributed by atoms with van der Waals surface area (Å²) < 4.78 is 26.2. The van der Waals surface area contributed by atoms with Gasteiger partial charge in [0, 0.05) is 22.5 Å². The zero-order valence-corrected chi connectivity index (χ0v) is 16.3. The molecule has 8 heteroatoms. The van der Waals surface area contributed by atoms with Crippen LogP contribution in [0.2, 0.25) is 5.02 Å². The fraction of sp³-hybridized carbons (Fsp3) is 0.158. The number of nitrogens with one attached hydrogen (secondary N) is 1. The molecule has 1 heterocycles. The molecule has 1 atom stereocenters. The number of benzene rings is 2. The van der Waals surface area contributed by atoms with Crippen LogP contribution in [0.1, 0.15) is 23.2 Å². The molecule has 1 N–H and O–H groups in total. The van der Waals surface area contributed by atoms with E-state index in [4.69, 9.17) is 11.6 Å². The minimum Gasteiger partial charge on any atom is -0.284 e. The fourth-order valence-corrected chi connectivity index (χ4v) is 3.31. The van der Waals surface area contributed by atoms with Gasteiger partial charge in [-0.05, 0) is 42.8 Å². The lowest BCUT2D eigenvalue weighted by atomic mass is 10.0. The molecule has 0 fully saturated rings. The number of carbonyl (C=O) groups is 1. The number of carbonyl (C=O) groups excluding carboxylic acids is 1. The number of hydrogen-bond acceptors (Lipinski definition) is 4. The molecule has 2 aromatic carbocycles. The molecule has 0 radical (unpaired) electrons. The highest BCUT2D eigenvalue weighted by atomic mass is 35.5. The van der Waals surface area contributed by atoms with E-state index in [1.165, 1.54) is 4.68 Å². The molecule has 1 unspecified atom stereocenters. The Morgan fingerprint density at radius 2 is 1.70 bits per heavy atom. The fourth-order valence-electron chi connectivity index (χ4n) is 2.62. The van der Waals surface area contributed by atoms with Gasteiger partial charge in [0.25, 0.3) is 5.91 Å². The molecule has 140 valence electrons. The van der Waals surface area contributed by atoms with Crippen LogP contribution in [0.4, 0.5) is 5.69 Å². The highest BCUT2D eigenvalue weighted by Crippen LogP contribution is 2.23. The van der Waals surface area contributed by atoms with Crippen molar-refractivity contribution in [1.82, 2.24) is 9.78 Å². The summed E-state index contributed by atoms with van der Waals surface area (Å²) in [5.41, 5.74) is 2.77. The first kappa shape index (κ1) is 19.1. The van der Waals surface area contributed by atoms with Crippen LogP contribution in [0, 0.1) is 0 Å². The molecule has 0 saturated heterocycles. The minimum atomic E-state index is -3.34. The molecule has 0 aliphatic carbocycles. The summed E-state index contributed by atoms with van der Waals surface area (Å²) in [6, 6.07) is 15.7. The number of sulfonamides is 1. The maximum atomic E-state index is 12.7. The van der Waals surface area contributed by atoms with Crippen LogP contribution in [0.3, 0.4) is 0 Å². The molecular formula is C19H18ClN3O3S. The van der Waals surface area contributed by atoms with Crippen LogP contribution >= 0.6 is 11.6 Å². The molecule has 3 rings (SSSR count). The van der Waals surface area contributed by atoms with Crippen LogP contribution in [0.25, 0.3) is 11.3 Å². The van der Waals surface area contributed by atoms with Crippen molar-refractivity contribution in [2.75, 3.05) is 11.0 Å². The molecule has 0 amide bonds. The summed E-state index contributed by atoms with van der Waals surface area (Å²) in [7, 11) is -3.34. The monoisotopic (exact) mass is 403 g/mol. The summed E-state index contributed by atoms with van der Waals surface area (Å²) in [5, 5.41) is 4.99. The van der Waals surface area contributed by atoms with Crippen molar-refractivity contribution in [1.29, 1.82) is 0 Å². The molecule has 0 spiro atoms. The van der Waals surface area contributed by atoms with Gasteiger partial charge in [-0.1, -0.05) is 35.9 Å². The average Bonchev–Trinajstić information content (AvgIpc) is 3.10. The number of anilines is 1. The van der Waals surface area contributed by atoms with E-state index < -0.39 is 15.9 Å². The van der Waals surface area contributed by atoms with Crippen molar-refractivity contribution in [3.63, 3.8) is 0 Å². The van der Waals surface area contributed by atoms with Crippen LogP contribution in [0.15, 0.2) is 60.8 Å². The first-order chi connectivity index (χ1) is 12.7. The van der Waals surface area contributed by atoms with Gasteiger partial charge in [0.2, 0.25) is 10.0 Å². The van der Waals surface area contributed by atoms with Gasteiger partial charge < -0.3 is 0 Å². The first-order valence-electron chi connectivity index (χ1n) is 8.16. The van der Waals surface area contributed by atoms with E-state index in [0.29, 0.717) is 16.4 Å². The van der Waals surface area contributed by atoms with Gasteiger partial charge >= 0.3 is 0 Å². The maximum Gasteiger partial charge on any atom is 0.254 e. The Bertz CT molecular complexity index is 1060. The molecule has 1 aromatic heterocycles. The Morgan fingerprint density at radius 1 is 1.07 bits per heavy atom. The predicted molar refractivity (Wildman–Crippen MR) is 107 cm³/mol. The number of halogens is 1. The third-order valence-corrected chi connectivity index (χ3v) is 4.90. The molecular weight excluding hydrogens is 386 g/mol. The number of nitrogens with zero attached hydrogens (tertiary/aromatic N) is 2. The van der Waals surface area contributed by atoms with Gasteiger partial charge in [-0.15, -0.1) is 0 Å². The van der Waals surface area contributed by atoms with Crippen LogP contribution in [0.5, 0.6) is 0 Å². The highest BCUT2D eigenvalue weighted by Gasteiger charge is 2.18. The Hall–Kier alpha value is -2.64. The van der Waals surface area contributed by atoms with Crippen molar-refractivity contribution in [3.8, 4) is 11.3 Å². The van der Waals surface area contributed by atoms with Gasteiger partial charge in [-0.2, -0.15) is 5.10 Å². The molecule has 0 aliphatic heterocycles. The lowest BCUT2D eigenvalue weighted by Crippen LogP contribution is -2.18. The van der Waals surface area contributed by atoms with Crippen LogP contribution in [-0.4, -0.2) is 30.4 Å². The molecule has 3 aromatic rings. The molecule has 0 aliphatic rings. The van der Waals surface area contributed by atoms with Crippen LogP contribution < -0.4 is 4.72 Å². The summed E-state index contributed by atoms with van der Waals surface area (Å²) in [4.78, 5) is 12.7. The molecule has 0 bridgehead atoms. The Kier molecular flexibility index (Phi) is 5.34. The number of rotatable bonds is 5. The zero-order chi connectivity index (χ0) is 19.6. The van der Waals surface area contributed by atoms with E-state index in [1.807, 2.05) is 12.1 Å².